The average Bonchev–Trinajstić information content (AvgIpc) is 3.29. The molecule has 1 atom stereocenters. The van der Waals surface area contributed by atoms with Gasteiger partial charge in [0.2, 0.25) is 0 Å². The molecule has 64 heavy (non-hydrogen) atoms. The second kappa shape index (κ2) is 53.4. The molecule has 10 heteroatoms. The Morgan fingerprint density at radius 2 is 0.547 bits per heavy atom. The molecule has 0 aromatic carbocycles. The van der Waals surface area contributed by atoms with Crippen molar-refractivity contribution in [2.75, 3.05) is 26.4 Å². The van der Waals surface area contributed by atoms with Gasteiger partial charge < -0.3 is 29.2 Å². The molecule has 0 heterocycles. The van der Waals surface area contributed by atoms with Crippen LogP contribution in [0.25, 0.3) is 0 Å². The molecule has 0 aliphatic carbocycles. The van der Waals surface area contributed by atoms with Crippen molar-refractivity contribution in [3.05, 3.63) is 0 Å². The summed E-state index contributed by atoms with van der Waals surface area (Å²) in [6.07, 6.45) is 43.0. The molecule has 380 valence electrons. The van der Waals surface area contributed by atoms with Gasteiger partial charge in [-0.1, -0.05) is 233 Å². The molecule has 0 radical (unpaired) electrons. The second-order valence-electron chi connectivity index (χ2n) is 18.3. The van der Waals surface area contributed by atoms with Crippen molar-refractivity contribution in [1.29, 1.82) is 0 Å². The Bertz CT molecular complexity index is 967. The van der Waals surface area contributed by atoms with Crippen molar-refractivity contribution in [2.24, 2.45) is 0 Å². The highest BCUT2D eigenvalue weighted by molar-refractivity contribution is 5.70. The minimum absolute atomic E-state index is 0.0593. The SMILES string of the molecule is CCCCCCCCCCCC(=O)OCC(CO)OC(=O)CCCCCCCCCCC.CCCCCCCCCCCC(=O)OCC(O)COC(=O)CCCCCCCCCCC. The van der Waals surface area contributed by atoms with Crippen LogP contribution in [0.15, 0.2) is 0 Å². The lowest BCUT2D eigenvalue weighted by Crippen LogP contribution is -2.28. The highest BCUT2D eigenvalue weighted by Gasteiger charge is 2.16. The van der Waals surface area contributed by atoms with Crippen LogP contribution in [0.5, 0.6) is 0 Å². The molecule has 0 saturated carbocycles. The fraction of sp³-hybridized carbons (Fsp3) is 0.926. The highest BCUT2D eigenvalue weighted by atomic mass is 16.6. The van der Waals surface area contributed by atoms with E-state index < -0.39 is 12.2 Å². The topological polar surface area (TPSA) is 146 Å². The van der Waals surface area contributed by atoms with Gasteiger partial charge in [-0.05, 0) is 25.7 Å². The zero-order valence-electron chi connectivity index (χ0n) is 42.4. The van der Waals surface area contributed by atoms with Crippen molar-refractivity contribution in [1.82, 2.24) is 0 Å². The molecule has 0 bridgehead atoms. The van der Waals surface area contributed by atoms with E-state index >= 15 is 0 Å². The third-order valence-electron chi connectivity index (χ3n) is 11.7. The summed E-state index contributed by atoms with van der Waals surface area (Å²) in [5, 5.41) is 19.3. The first-order valence-electron chi connectivity index (χ1n) is 27.2. The number of aliphatic hydroxyl groups excluding tert-OH is 2. The van der Waals surface area contributed by atoms with E-state index in [0.717, 1.165) is 77.0 Å². The van der Waals surface area contributed by atoms with Crippen LogP contribution in [0.1, 0.15) is 285 Å². The Balaban J connectivity index is 0. The van der Waals surface area contributed by atoms with Gasteiger partial charge in [0.1, 0.15) is 25.9 Å². The van der Waals surface area contributed by atoms with E-state index in [-0.39, 0.29) is 50.3 Å². The van der Waals surface area contributed by atoms with Crippen LogP contribution in [0, 0.1) is 0 Å². The van der Waals surface area contributed by atoms with Gasteiger partial charge in [0.05, 0.1) is 6.61 Å². The maximum atomic E-state index is 11.9. The van der Waals surface area contributed by atoms with Crippen LogP contribution >= 0.6 is 0 Å². The minimum Gasteiger partial charge on any atom is -0.463 e. The Labute approximate surface area is 394 Å². The fourth-order valence-electron chi connectivity index (χ4n) is 7.52. The van der Waals surface area contributed by atoms with E-state index in [1.165, 1.54) is 154 Å². The maximum Gasteiger partial charge on any atom is 0.306 e. The molecule has 0 aliphatic heterocycles. The van der Waals surface area contributed by atoms with E-state index in [1.54, 1.807) is 0 Å². The molecular formula is C54H104O10. The smallest absolute Gasteiger partial charge is 0.306 e. The Hall–Kier alpha value is -2.20. The van der Waals surface area contributed by atoms with E-state index in [2.05, 4.69) is 27.7 Å². The summed E-state index contributed by atoms with van der Waals surface area (Å²) in [4.78, 5) is 47.3. The number of hydrogen-bond acceptors (Lipinski definition) is 10. The summed E-state index contributed by atoms with van der Waals surface area (Å²) >= 11 is 0. The lowest BCUT2D eigenvalue weighted by atomic mass is 10.1. The van der Waals surface area contributed by atoms with Crippen LogP contribution < -0.4 is 0 Å². The summed E-state index contributed by atoms with van der Waals surface area (Å²) < 4.78 is 20.6. The summed E-state index contributed by atoms with van der Waals surface area (Å²) in [7, 11) is 0. The van der Waals surface area contributed by atoms with Crippen molar-refractivity contribution < 1.29 is 48.3 Å². The lowest BCUT2D eigenvalue weighted by Gasteiger charge is -2.15. The number of carbonyl (C=O) groups is 4. The second-order valence-corrected chi connectivity index (χ2v) is 18.3. The van der Waals surface area contributed by atoms with Gasteiger partial charge in [-0.15, -0.1) is 0 Å². The van der Waals surface area contributed by atoms with Gasteiger partial charge in [0.15, 0.2) is 6.10 Å². The van der Waals surface area contributed by atoms with Gasteiger partial charge >= 0.3 is 23.9 Å². The minimum atomic E-state index is -0.950. The summed E-state index contributed by atoms with van der Waals surface area (Å²) in [5.41, 5.74) is 0. The van der Waals surface area contributed by atoms with Crippen molar-refractivity contribution in [3.63, 3.8) is 0 Å². The first-order valence-corrected chi connectivity index (χ1v) is 27.2. The van der Waals surface area contributed by atoms with Gasteiger partial charge in [0, 0.05) is 25.7 Å². The van der Waals surface area contributed by atoms with Crippen LogP contribution in [0.4, 0.5) is 0 Å². The monoisotopic (exact) mass is 913 g/mol. The number of unbranched alkanes of at least 4 members (excludes halogenated alkanes) is 32. The van der Waals surface area contributed by atoms with Gasteiger partial charge in [-0.25, -0.2) is 0 Å². The Kier molecular flexibility index (Phi) is 53.3. The normalized spacial score (nSPS) is 11.5. The third-order valence-corrected chi connectivity index (χ3v) is 11.7. The lowest BCUT2D eigenvalue weighted by molar-refractivity contribution is -0.161. The van der Waals surface area contributed by atoms with E-state index in [0.29, 0.717) is 25.7 Å². The molecule has 1 unspecified atom stereocenters. The largest absolute Gasteiger partial charge is 0.463 e. The number of hydrogen-bond donors (Lipinski definition) is 2. The summed E-state index contributed by atoms with van der Waals surface area (Å²) in [5.74, 6) is -1.16. The Morgan fingerprint density at radius 1 is 0.328 bits per heavy atom. The van der Waals surface area contributed by atoms with E-state index in [9.17, 15) is 29.4 Å². The highest BCUT2D eigenvalue weighted by Crippen LogP contribution is 2.15. The van der Waals surface area contributed by atoms with Gasteiger partial charge in [-0.3, -0.25) is 19.2 Å². The predicted octanol–water partition coefficient (Wildman–Crippen LogP) is 14.6. The molecule has 2 N–H and O–H groups in total. The van der Waals surface area contributed by atoms with Crippen LogP contribution in [0.3, 0.4) is 0 Å². The van der Waals surface area contributed by atoms with Gasteiger partial charge in [-0.2, -0.15) is 0 Å². The molecule has 0 aromatic rings. The molecule has 0 amide bonds. The molecule has 0 fully saturated rings. The molecule has 0 spiro atoms. The zero-order chi connectivity index (χ0) is 47.4. The number of esters is 4. The van der Waals surface area contributed by atoms with Crippen LogP contribution in [-0.2, 0) is 38.1 Å². The number of aliphatic hydroxyl groups is 2. The quantitative estimate of drug-likeness (QED) is 0.0344. The van der Waals surface area contributed by atoms with Crippen molar-refractivity contribution >= 4 is 23.9 Å². The first-order chi connectivity index (χ1) is 31.2. The van der Waals surface area contributed by atoms with Crippen molar-refractivity contribution in [3.8, 4) is 0 Å². The maximum absolute atomic E-state index is 11.9. The van der Waals surface area contributed by atoms with Gasteiger partial charge in [0.25, 0.3) is 0 Å². The molecule has 0 saturated heterocycles. The molecular weight excluding hydrogens is 809 g/mol. The van der Waals surface area contributed by atoms with Crippen molar-refractivity contribution in [2.45, 2.75) is 297 Å². The van der Waals surface area contributed by atoms with Crippen LogP contribution in [-0.4, -0.2) is 72.7 Å². The number of ether oxygens (including phenoxy) is 4. The number of rotatable bonds is 48. The average molecular weight is 913 g/mol. The molecule has 0 aliphatic rings. The molecule has 0 rings (SSSR count). The summed E-state index contributed by atoms with van der Waals surface area (Å²) in [6.45, 7) is 8.30. The first kappa shape index (κ1) is 63.9. The standard InChI is InChI=1S/2C27H52O5/c1-3-5-7-9-11-13-15-17-19-21-26(29)31-23-25(28)24-32-27(30)22-20-18-16-14-12-10-8-6-4-2;1-3-5-7-9-11-13-15-17-19-21-26(29)31-24-25(23-28)32-27(30)22-20-18-16-14-12-10-8-6-4-2/h2*25,28H,3-24H2,1-2H3. The molecule has 0 aromatic heterocycles. The predicted molar refractivity (Wildman–Crippen MR) is 263 cm³/mol. The van der Waals surface area contributed by atoms with E-state index in [1.807, 2.05) is 0 Å². The molecule has 10 nitrogen and oxygen atoms in total. The fourth-order valence-corrected chi connectivity index (χ4v) is 7.52. The zero-order valence-corrected chi connectivity index (χ0v) is 42.4. The van der Waals surface area contributed by atoms with E-state index in [4.69, 9.17) is 18.9 Å². The van der Waals surface area contributed by atoms with Crippen LogP contribution in [0.2, 0.25) is 0 Å². The number of carbonyl (C=O) groups excluding carboxylic acids is 4. The Morgan fingerprint density at radius 3 is 0.797 bits per heavy atom. The summed E-state index contributed by atoms with van der Waals surface area (Å²) in [6, 6.07) is 0. The third kappa shape index (κ3) is 52.4.